The first-order valence-electron chi connectivity index (χ1n) is 3.63. The van der Waals surface area contributed by atoms with Crippen LogP contribution >= 0.6 is 68.1 Å². The lowest BCUT2D eigenvalue weighted by molar-refractivity contribution is 0.112. The summed E-state index contributed by atoms with van der Waals surface area (Å²) in [4.78, 5) is 19.3. The van der Waals surface area contributed by atoms with Crippen LogP contribution in [-0.4, -0.2) is 20.8 Å². The second-order valence-electron chi connectivity index (χ2n) is 2.47. The molecule has 15 heavy (non-hydrogen) atoms. The summed E-state index contributed by atoms with van der Waals surface area (Å²) < 4.78 is 3.65. The molecule has 0 N–H and O–H groups in total. The Morgan fingerprint density at radius 3 is 2.73 bits per heavy atom. The van der Waals surface area contributed by atoms with E-state index in [0.717, 1.165) is 7.40 Å². The fourth-order valence-electron chi connectivity index (χ4n) is 0.923. The van der Waals surface area contributed by atoms with E-state index in [1.165, 1.54) is 11.3 Å². The van der Waals surface area contributed by atoms with Gasteiger partial charge in [-0.15, -0.1) is 0 Å². The van der Waals surface area contributed by atoms with Crippen LogP contribution in [0, 0.1) is 7.40 Å². The molecule has 2 aromatic rings. The minimum Gasteiger partial charge on any atom is -0.297 e. The third-order valence-electron chi connectivity index (χ3n) is 1.58. The molecule has 0 spiro atoms. The second kappa shape index (κ2) is 4.63. The summed E-state index contributed by atoms with van der Waals surface area (Å²) in [6.45, 7) is 0. The Hall–Kier alpha value is 0.260. The van der Waals surface area contributed by atoms with Crippen LogP contribution in [-0.2, 0) is 0 Å². The van der Waals surface area contributed by atoms with E-state index in [9.17, 15) is 4.79 Å². The number of carbonyl (C=O) groups is 1. The van der Waals surface area contributed by atoms with Gasteiger partial charge in [-0.1, -0.05) is 22.9 Å². The number of hydrogen-bond donors (Lipinski definition) is 0. The molecule has 0 aliphatic heterocycles. The Balaban J connectivity index is 2.54. The number of thiazole rings is 1. The van der Waals surface area contributed by atoms with Gasteiger partial charge in [0.25, 0.3) is 0 Å². The first kappa shape index (κ1) is 11.7. The molecule has 0 amide bonds. The molecule has 0 radical (unpaired) electrons. The molecule has 0 atom stereocenters. The summed E-state index contributed by atoms with van der Waals surface area (Å²) in [6, 6.07) is 0. The Bertz CT molecular complexity index is 524. The predicted octanol–water partition coefficient (Wildman–Crippen LogP) is 3.00. The normalized spacial score (nSPS) is 10.6. The van der Waals surface area contributed by atoms with Gasteiger partial charge in [-0.05, 0) is 45.2 Å². The van der Waals surface area contributed by atoms with Crippen molar-refractivity contribution >= 4 is 74.4 Å². The summed E-state index contributed by atoms with van der Waals surface area (Å²) in [5.74, 6) is 0. The van der Waals surface area contributed by atoms with E-state index >= 15 is 0 Å². The highest BCUT2D eigenvalue weighted by atomic mass is 127. The van der Waals surface area contributed by atoms with Gasteiger partial charge in [0, 0.05) is 0 Å². The van der Waals surface area contributed by atoms with Crippen LogP contribution in [0.3, 0.4) is 0 Å². The van der Waals surface area contributed by atoms with E-state index in [1.807, 2.05) is 0 Å². The molecule has 0 fully saturated rings. The van der Waals surface area contributed by atoms with E-state index < -0.39 is 0 Å². The van der Waals surface area contributed by atoms with Gasteiger partial charge in [0.2, 0.25) is 0 Å². The van der Waals surface area contributed by atoms with Gasteiger partial charge in [0.05, 0.1) is 0 Å². The molecule has 0 saturated carbocycles. The van der Waals surface area contributed by atoms with Crippen LogP contribution in [0.4, 0.5) is 0 Å². The number of rotatable bonds is 2. The number of halogens is 3. The number of aromatic nitrogens is 3. The molecule has 0 unspecified atom stereocenters. The zero-order chi connectivity index (χ0) is 11.0. The number of imidazole rings is 1. The third-order valence-corrected chi connectivity index (χ3v) is 5.81. The second-order valence-corrected chi connectivity index (χ2v) is 5.88. The standard InChI is InChI=1S/C7H2ClI2N3OS/c8-4-3(1-14)15-7(12-4)13-2-11-5(9)6(13)10/h1-2H. The molecule has 78 valence electrons. The van der Waals surface area contributed by atoms with Gasteiger partial charge in [-0.25, -0.2) is 9.97 Å². The summed E-state index contributed by atoms with van der Waals surface area (Å²) in [7, 11) is 0. The summed E-state index contributed by atoms with van der Waals surface area (Å²) >= 11 is 11.3. The molecule has 2 aromatic heterocycles. The fraction of sp³-hybridized carbons (Fsp3) is 0. The van der Waals surface area contributed by atoms with Gasteiger partial charge in [-0.2, -0.15) is 0 Å². The molecule has 0 saturated heterocycles. The molecule has 0 bridgehead atoms. The molecule has 8 heteroatoms. The molecule has 4 nitrogen and oxygen atoms in total. The molecule has 0 aliphatic carbocycles. The van der Waals surface area contributed by atoms with Crippen molar-refractivity contribution in [3.05, 3.63) is 23.8 Å². The van der Waals surface area contributed by atoms with Crippen LogP contribution in [0.5, 0.6) is 0 Å². The molecular formula is C7H2ClI2N3OS. The van der Waals surface area contributed by atoms with Gasteiger partial charge in [-0.3, -0.25) is 9.36 Å². The van der Waals surface area contributed by atoms with Crippen molar-refractivity contribution in [3.8, 4) is 5.13 Å². The average Bonchev–Trinajstić information content (AvgIpc) is 2.72. The Morgan fingerprint density at radius 1 is 1.53 bits per heavy atom. The summed E-state index contributed by atoms with van der Waals surface area (Å²) in [6.07, 6.45) is 2.37. The van der Waals surface area contributed by atoms with E-state index in [1.54, 1.807) is 10.9 Å². The topological polar surface area (TPSA) is 47.8 Å². The van der Waals surface area contributed by atoms with E-state index in [4.69, 9.17) is 11.6 Å². The quantitative estimate of drug-likeness (QED) is 0.506. The van der Waals surface area contributed by atoms with Crippen molar-refractivity contribution in [3.63, 3.8) is 0 Å². The summed E-state index contributed by atoms with van der Waals surface area (Å²) in [5, 5.41) is 0.895. The van der Waals surface area contributed by atoms with Crippen LogP contribution in [0.1, 0.15) is 9.67 Å². The number of carbonyl (C=O) groups excluding carboxylic acids is 1. The first-order valence-corrected chi connectivity index (χ1v) is 6.99. The van der Waals surface area contributed by atoms with Crippen molar-refractivity contribution in [1.29, 1.82) is 0 Å². The highest BCUT2D eigenvalue weighted by molar-refractivity contribution is 14.1. The third kappa shape index (κ3) is 2.19. The Labute approximate surface area is 121 Å². The molecule has 2 heterocycles. The van der Waals surface area contributed by atoms with Gasteiger partial charge >= 0.3 is 0 Å². The molecule has 2 rings (SSSR count). The van der Waals surface area contributed by atoms with Gasteiger partial charge in [0.1, 0.15) is 18.6 Å². The monoisotopic (exact) mass is 465 g/mol. The lowest BCUT2D eigenvalue weighted by Crippen LogP contribution is -1.93. The van der Waals surface area contributed by atoms with Gasteiger partial charge in [0.15, 0.2) is 16.6 Å². The maximum absolute atomic E-state index is 10.6. The lowest BCUT2D eigenvalue weighted by atomic mass is 10.6. The smallest absolute Gasteiger partial charge is 0.197 e. The zero-order valence-corrected chi connectivity index (χ0v) is 12.8. The first-order chi connectivity index (χ1) is 7.13. The number of aldehydes is 1. The maximum atomic E-state index is 10.6. The van der Waals surface area contributed by atoms with Crippen molar-refractivity contribution in [2.75, 3.05) is 0 Å². The maximum Gasteiger partial charge on any atom is 0.197 e. The fourth-order valence-corrected chi connectivity index (χ4v) is 3.00. The molecule has 0 aromatic carbocycles. The van der Waals surface area contributed by atoms with Gasteiger partial charge < -0.3 is 0 Å². The van der Waals surface area contributed by atoms with E-state index in [2.05, 4.69) is 55.1 Å². The minimum atomic E-state index is 0.240. The SMILES string of the molecule is O=Cc1sc(-n2cnc(I)c2I)nc1Cl. The highest BCUT2D eigenvalue weighted by Gasteiger charge is 2.13. The van der Waals surface area contributed by atoms with Crippen LogP contribution < -0.4 is 0 Å². The van der Waals surface area contributed by atoms with Crippen molar-refractivity contribution in [1.82, 2.24) is 14.5 Å². The van der Waals surface area contributed by atoms with Crippen molar-refractivity contribution in [2.24, 2.45) is 0 Å². The molecular weight excluding hydrogens is 463 g/mol. The molecule has 0 aliphatic rings. The Morgan fingerprint density at radius 2 is 2.27 bits per heavy atom. The largest absolute Gasteiger partial charge is 0.297 e. The van der Waals surface area contributed by atoms with Crippen molar-refractivity contribution in [2.45, 2.75) is 0 Å². The number of nitrogens with zero attached hydrogens (tertiary/aromatic N) is 3. The van der Waals surface area contributed by atoms with Crippen molar-refractivity contribution < 1.29 is 4.79 Å². The average molecular weight is 465 g/mol. The highest BCUT2D eigenvalue weighted by Crippen LogP contribution is 2.26. The van der Waals surface area contributed by atoms with Crippen LogP contribution in [0.25, 0.3) is 5.13 Å². The number of hydrogen-bond acceptors (Lipinski definition) is 4. The zero-order valence-electron chi connectivity index (χ0n) is 6.95. The van der Waals surface area contributed by atoms with E-state index in [0.29, 0.717) is 16.3 Å². The predicted molar refractivity (Wildman–Crippen MR) is 75.1 cm³/mol. The lowest BCUT2D eigenvalue weighted by Gasteiger charge is -1.96. The van der Waals surface area contributed by atoms with Crippen LogP contribution in [0.15, 0.2) is 6.33 Å². The van der Waals surface area contributed by atoms with Crippen LogP contribution in [0.2, 0.25) is 5.15 Å². The Kier molecular flexibility index (Phi) is 3.63. The summed E-state index contributed by atoms with van der Waals surface area (Å²) in [5.41, 5.74) is 0. The minimum absolute atomic E-state index is 0.240. The van der Waals surface area contributed by atoms with E-state index in [-0.39, 0.29) is 5.15 Å².